The van der Waals surface area contributed by atoms with Crippen LogP contribution in [0.1, 0.15) is 12.6 Å². The zero-order chi connectivity index (χ0) is 11.3. The molecule has 0 bridgehead atoms. The topological polar surface area (TPSA) is 86.2 Å². The molecule has 0 radical (unpaired) electrons. The third kappa shape index (κ3) is 2.66. The number of aromatic nitrogens is 1. The lowest BCUT2D eigenvalue weighted by atomic mass is 10.2. The van der Waals surface area contributed by atoms with Crippen molar-refractivity contribution < 1.29 is 5.11 Å². The molecule has 1 heterocycles. The predicted molar refractivity (Wildman–Crippen MR) is 60.2 cm³/mol. The summed E-state index contributed by atoms with van der Waals surface area (Å²) in [4.78, 5) is 5.99. The second-order valence-electron chi connectivity index (χ2n) is 3.09. The van der Waals surface area contributed by atoms with Gasteiger partial charge in [-0.2, -0.15) is 0 Å². The van der Waals surface area contributed by atoms with Crippen molar-refractivity contribution in [3.63, 3.8) is 0 Å². The van der Waals surface area contributed by atoms with E-state index in [0.717, 1.165) is 12.2 Å². The van der Waals surface area contributed by atoms with Gasteiger partial charge in [0.2, 0.25) is 0 Å². The standard InChI is InChI=1S/C10H16N4O/c1-2-14(6-7-15)8-4-3-5-13-9(8)10(11)12/h3-5,15H,2,6-7H2,1H3,(H3,11,12). The fourth-order valence-corrected chi connectivity index (χ4v) is 1.43. The van der Waals surface area contributed by atoms with Crippen LogP contribution < -0.4 is 10.6 Å². The van der Waals surface area contributed by atoms with E-state index in [4.69, 9.17) is 16.2 Å². The zero-order valence-corrected chi connectivity index (χ0v) is 8.77. The molecule has 5 heteroatoms. The molecule has 5 nitrogen and oxygen atoms in total. The number of amidine groups is 1. The molecule has 1 aromatic rings. The summed E-state index contributed by atoms with van der Waals surface area (Å²) >= 11 is 0. The maximum Gasteiger partial charge on any atom is 0.143 e. The van der Waals surface area contributed by atoms with Crippen molar-refractivity contribution in [1.82, 2.24) is 4.98 Å². The van der Waals surface area contributed by atoms with E-state index in [1.807, 2.05) is 17.9 Å². The first-order valence-electron chi connectivity index (χ1n) is 4.86. The molecular weight excluding hydrogens is 192 g/mol. The molecule has 0 unspecified atom stereocenters. The van der Waals surface area contributed by atoms with Crippen LogP contribution in [-0.2, 0) is 0 Å². The zero-order valence-electron chi connectivity index (χ0n) is 8.77. The van der Waals surface area contributed by atoms with E-state index in [0.29, 0.717) is 12.2 Å². The van der Waals surface area contributed by atoms with Crippen LogP contribution in [0.3, 0.4) is 0 Å². The highest BCUT2D eigenvalue weighted by Crippen LogP contribution is 2.16. The Kier molecular flexibility index (Phi) is 4.05. The molecule has 0 atom stereocenters. The van der Waals surface area contributed by atoms with Crippen LogP contribution in [-0.4, -0.2) is 35.6 Å². The fraction of sp³-hybridized carbons (Fsp3) is 0.400. The number of nitrogens with two attached hydrogens (primary N) is 1. The molecule has 0 saturated carbocycles. The highest BCUT2D eigenvalue weighted by atomic mass is 16.3. The number of pyridine rings is 1. The molecule has 4 N–H and O–H groups in total. The minimum absolute atomic E-state index is 0.0537. The van der Waals surface area contributed by atoms with Crippen LogP contribution in [0.4, 0.5) is 5.69 Å². The number of hydrogen-bond donors (Lipinski definition) is 3. The predicted octanol–water partition coefficient (Wildman–Crippen LogP) is 0.184. The smallest absolute Gasteiger partial charge is 0.143 e. The van der Waals surface area contributed by atoms with E-state index in [1.165, 1.54) is 0 Å². The Bertz CT molecular complexity index is 340. The lowest BCUT2D eigenvalue weighted by molar-refractivity contribution is 0.302. The van der Waals surface area contributed by atoms with Gasteiger partial charge < -0.3 is 15.7 Å². The summed E-state index contributed by atoms with van der Waals surface area (Å²) in [6.07, 6.45) is 1.60. The highest BCUT2D eigenvalue weighted by Gasteiger charge is 2.11. The Morgan fingerprint density at radius 1 is 1.67 bits per heavy atom. The van der Waals surface area contributed by atoms with Gasteiger partial charge in [-0.05, 0) is 19.1 Å². The summed E-state index contributed by atoms with van der Waals surface area (Å²) in [5.41, 5.74) is 6.69. The van der Waals surface area contributed by atoms with Crippen LogP contribution >= 0.6 is 0 Å². The molecule has 0 amide bonds. The van der Waals surface area contributed by atoms with Crippen molar-refractivity contribution in [2.75, 3.05) is 24.6 Å². The monoisotopic (exact) mass is 208 g/mol. The molecule has 0 aliphatic rings. The Morgan fingerprint density at radius 2 is 2.40 bits per heavy atom. The molecule has 15 heavy (non-hydrogen) atoms. The Balaban J connectivity index is 3.04. The van der Waals surface area contributed by atoms with Crippen LogP contribution in [0.5, 0.6) is 0 Å². The number of nitrogen functional groups attached to an aromatic ring is 1. The van der Waals surface area contributed by atoms with Crippen molar-refractivity contribution in [3.8, 4) is 0 Å². The number of nitrogens with one attached hydrogen (secondary N) is 1. The van der Waals surface area contributed by atoms with Gasteiger partial charge in [0.05, 0.1) is 12.3 Å². The molecule has 0 saturated heterocycles. The number of likely N-dealkylation sites (N-methyl/N-ethyl adjacent to an activating group) is 1. The minimum atomic E-state index is -0.0537. The summed E-state index contributed by atoms with van der Waals surface area (Å²) in [5, 5.41) is 16.3. The van der Waals surface area contributed by atoms with Crippen molar-refractivity contribution in [3.05, 3.63) is 24.0 Å². The first-order chi connectivity index (χ1) is 7.20. The van der Waals surface area contributed by atoms with Gasteiger partial charge in [0, 0.05) is 19.3 Å². The summed E-state index contributed by atoms with van der Waals surface area (Å²) in [6.45, 7) is 3.31. The normalized spacial score (nSPS) is 10.0. The van der Waals surface area contributed by atoms with E-state index in [1.54, 1.807) is 12.3 Å². The van der Waals surface area contributed by atoms with E-state index in [2.05, 4.69) is 4.98 Å². The quantitative estimate of drug-likeness (QED) is 0.476. The van der Waals surface area contributed by atoms with Gasteiger partial charge in [-0.3, -0.25) is 10.4 Å². The van der Waals surface area contributed by atoms with Gasteiger partial charge >= 0.3 is 0 Å². The van der Waals surface area contributed by atoms with Gasteiger partial charge in [-0.1, -0.05) is 0 Å². The summed E-state index contributed by atoms with van der Waals surface area (Å²) < 4.78 is 0. The van der Waals surface area contributed by atoms with E-state index < -0.39 is 0 Å². The number of rotatable bonds is 5. The Labute approximate surface area is 89.1 Å². The third-order valence-corrected chi connectivity index (χ3v) is 2.13. The van der Waals surface area contributed by atoms with Crippen molar-refractivity contribution in [2.24, 2.45) is 5.73 Å². The third-order valence-electron chi connectivity index (χ3n) is 2.13. The van der Waals surface area contributed by atoms with Crippen LogP contribution in [0.2, 0.25) is 0 Å². The van der Waals surface area contributed by atoms with Crippen molar-refractivity contribution in [2.45, 2.75) is 6.92 Å². The van der Waals surface area contributed by atoms with Crippen molar-refractivity contribution in [1.29, 1.82) is 5.41 Å². The average Bonchev–Trinajstić information content (AvgIpc) is 2.26. The maximum atomic E-state index is 8.91. The second-order valence-corrected chi connectivity index (χ2v) is 3.09. The number of aliphatic hydroxyl groups is 1. The van der Waals surface area contributed by atoms with Gasteiger partial charge in [0.1, 0.15) is 11.5 Å². The number of aliphatic hydroxyl groups excluding tert-OH is 1. The Morgan fingerprint density at radius 3 is 2.93 bits per heavy atom. The number of anilines is 1. The van der Waals surface area contributed by atoms with Crippen LogP contribution in [0, 0.1) is 5.41 Å². The van der Waals surface area contributed by atoms with Gasteiger partial charge in [-0.15, -0.1) is 0 Å². The largest absolute Gasteiger partial charge is 0.395 e. The number of nitrogens with zero attached hydrogens (tertiary/aromatic N) is 2. The van der Waals surface area contributed by atoms with E-state index in [-0.39, 0.29) is 12.4 Å². The summed E-state index contributed by atoms with van der Waals surface area (Å²) in [5.74, 6) is -0.0537. The average molecular weight is 208 g/mol. The summed E-state index contributed by atoms with van der Waals surface area (Å²) in [6, 6.07) is 3.64. The molecule has 0 aliphatic heterocycles. The molecule has 0 fully saturated rings. The highest BCUT2D eigenvalue weighted by molar-refractivity contribution is 5.98. The first kappa shape index (κ1) is 11.5. The molecule has 0 aromatic carbocycles. The van der Waals surface area contributed by atoms with E-state index in [9.17, 15) is 0 Å². The minimum Gasteiger partial charge on any atom is -0.395 e. The molecule has 1 aromatic heterocycles. The lowest BCUT2D eigenvalue weighted by Gasteiger charge is -2.23. The number of hydrogen-bond acceptors (Lipinski definition) is 4. The molecule has 1 rings (SSSR count). The summed E-state index contributed by atoms with van der Waals surface area (Å²) in [7, 11) is 0. The molecule has 0 spiro atoms. The Hall–Kier alpha value is -1.62. The fourth-order valence-electron chi connectivity index (χ4n) is 1.43. The van der Waals surface area contributed by atoms with Gasteiger partial charge in [0.25, 0.3) is 0 Å². The molecule has 82 valence electrons. The maximum absolute atomic E-state index is 8.91. The van der Waals surface area contributed by atoms with Gasteiger partial charge in [-0.25, -0.2) is 0 Å². The molecule has 0 aliphatic carbocycles. The first-order valence-corrected chi connectivity index (χ1v) is 4.86. The van der Waals surface area contributed by atoms with Gasteiger partial charge in [0.15, 0.2) is 0 Å². The van der Waals surface area contributed by atoms with Crippen LogP contribution in [0.25, 0.3) is 0 Å². The van der Waals surface area contributed by atoms with Crippen LogP contribution in [0.15, 0.2) is 18.3 Å². The SMILES string of the molecule is CCN(CCO)c1cccnc1C(=N)N. The van der Waals surface area contributed by atoms with Crippen molar-refractivity contribution >= 4 is 11.5 Å². The van der Waals surface area contributed by atoms with E-state index >= 15 is 0 Å². The second kappa shape index (κ2) is 5.31. The molecular formula is C10H16N4O. The lowest BCUT2D eigenvalue weighted by Crippen LogP contribution is -2.29.